The fourth-order valence-corrected chi connectivity index (χ4v) is 5.55. The Hall–Kier alpha value is -1.95. The van der Waals surface area contributed by atoms with E-state index >= 15 is 0 Å². The van der Waals surface area contributed by atoms with Crippen molar-refractivity contribution in [1.82, 2.24) is 9.99 Å². The second kappa shape index (κ2) is 5.80. The summed E-state index contributed by atoms with van der Waals surface area (Å²) in [5.74, 6) is 1.51. The van der Waals surface area contributed by atoms with Crippen molar-refractivity contribution in [3.63, 3.8) is 0 Å². The van der Waals surface area contributed by atoms with E-state index in [1.165, 1.54) is 37.7 Å². The van der Waals surface area contributed by atoms with E-state index in [0.29, 0.717) is 5.92 Å². The van der Waals surface area contributed by atoms with Crippen LogP contribution in [-0.2, 0) is 4.84 Å². The second-order valence-electron chi connectivity index (χ2n) is 7.62. The van der Waals surface area contributed by atoms with Gasteiger partial charge in [0.05, 0.1) is 11.9 Å². The number of hydrogen-bond donors (Lipinski definition) is 0. The minimum Gasteiger partial charge on any atom is -0.221 e. The van der Waals surface area contributed by atoms with E-state index in [1.54, 1.807) is 16.3 Å². The molecule has 1 aliphatic heterocycles. The zero-order chi connectivity index (χ0) is 16.9. The molecule has 0 amide bonds. The summed E-state index contributed by atoms with van der Waals surface area (Å²) in [4.78, 5) is 13.7. The van der Waals surface area contributed by atoms with Gasteiger partial charge in [-0.3, -0.25) is 0 Å². The summed E-state index contributed by atoms with van der Waals surface area (Å²) in [5, 5.41) is 7.50. The van der Waals surface area contributed by atoms with E-state index in [-0.39, 0.29) is 5.60 Å². The summed E-state index contributed by atoms with van der Waals surface area (Å²) in [5.41, 5.74) is 1.15. The Kier molecular flexibility index (Phi) is 3.55. The van der Waals surface area contributed by atoms with E-state index in [0.717, 1.165) is 22.5 Å². The largest absolute Gasteiger partial charge is 0.284 e. The van der Waals surface area contributed by atoms with E-state index in [2.05, 4.69) is 34.3 Å². The van der Waals surface area contributed by atoms with Crippen molar-refractivity contribution in [1.29, 1.82) is 0 Å². The van der Waals surface area contributed by atoms with Crippen LogP contribution in [0.1, 0.15) is 32.1 Å². The van der Waals surface area contributed by atoms with E-state index in [1.807, 2.05) is 24.4 Å². The van der Waals surface area contributed by atoms with E-state index in [4.69, 9.17) is 4.84 Å². The Bertz CT molecular complexity index is 797. The maximum Gasteiger partial charge on any atom is 0.284 e. The predicted molar refractivity (Wildman–Crippen MR) is 96.4 cm³/mol. The van der Waals surface area contributed by atoms with Gasteiger partial charge in [-0.15, -0.1) is 5.01 Å². The van der Waals surface area contributed by atoms with Crippen molar-refractivity contribution < 1.29 is 9.81 Å². The average Bonchev–Trinajstić information content (AvgIpc) is 3.22. The smallest absolute Gasteiger partial charge is 0.221 e. The van der Waals surface area contributed by atoms with Crippen molar-refractivity contribution in [3.05, 3.63) is 36.5 Å². The molecule has 2 aromatic rings. The number of benzene rings is 1. The highest BCUT2D eigenvalue weighted by molar-refractivity contribution is 7.18. The first-order valence-corrected chi connectivity index (χ1v) is 9.97. The van der Waals surface area contributed by atoms with Crippen LogP contribution >= 0.6 is 11.3 Å². The summed E-state index contributed by atoms with van der Waals surface area (Å²) in [6.45, 7) is 0.939. The number of nitrogens with zero attached hydrogens (tertiary/aromatic N) is 4. The second-order valence-corrected chi connectivity index (χ2v) is 8.63. The number of thiazole rings is 1. The first kappa shape index (κ1) is 15.3. The molecule has 1 spiro atoms. The molecule has 5 nitrogen and oxygen atoms in total. The van der Waals surface area contributed by atoms with Crippen LogP contribution in [0.25, 0.3) is 10.4 Å². The van der Waals surface area contributed by atoms with Crippen LogP contribution in [0.15, 0.2) is 41.6 Å². The Morgan fingerprint density at radius 2 is 2.04 bits per heavy atom. The van der Waals surface area contributed by atoms with Crippen LogP contribution in [0.4, 0.5) is 5.13 Å². The van der Waals surface area contributed by atoms with E-state index in [9.17, 15) is 0 Å². The Balaban J connectivity index is 1.39. The highest BCUT2D eigenvalue weighted by Crippen LogP contribution is 2.51. The maximum atomic E-state index is 6.41. The van der Waals surface area contributed by atoms with Crippen molar-refractivity contribution in [2.45, 2.75) is 37.7 Å². The van der Waals surface area contributed by atoms with Gasteiger partial charge in [0.1, 0.15) is 11.7 Å². The molecule has 6 heteroatoms. The molecule has 2 heterocycles. The minimum atomic E-state index is -0.0288. The summed E-state index contributed by atoms with van der Waals surface area (Å²) >= 11 is 1.60. The lowest BCUT2D eigenvalue weighted by atomic mass is 9.62. The average molecular weight is 355 g/mol. The minimum absolute atomic E-state index is 0.0288. The standard InChI is InChI=1S/C19H23N4OS/c1-22-13-19(11-14-7-9-16(19)10-8-14)24-23(22)21-18-20-12-17(25-18)15-5-3-2-4-6-15/h2-6,12,14,16H,7-11,13H2,1H3/q+1/b23-21-/t14?,16?,19-/m0/s1. The molecular weight excluding hydrogens is 332 g/mol. The molecule has 3 aliphatic carbocycles. The zero-order valence-corrected chi connectivity index (χ0v) is 15.3. The molecule has 0 N–H and O–H groups in total. The maximum absolute atomic E-state index is 6.41. The lowest BCUT2D eigenvalue weighted by Gasteiger charge is -2.44. The molecule has 6 rings (SSSR count). The first-order chi connectivity index (χ1) is 12.2. The topological polar surface area (TPSA) is 40.7 Å². The monoisotopic (exact) mass is 355 g/mol. The normalized spacial score (nSPS) is 32.5. The fourth-order valence-electron chi connectivity index (χ4n) is 4.78. The van der Waals surface area contributed by atoms with Gasteiger partial charge >= 0.3 is 0 Å². The van der Waals surface area contributed by atoms with Crippen LogP contribution in [0.5, 0.6) is 0 Å². The van der Waals surface area contributed by atoms with Gasteiger partial charge < -0.3 is 0 Å². The number of hydrazine groups is 1. The van der Waals surface area contributed by atoms with Gasteiger partial charge in [-0.05, 0) is 43.6 Å². The molecule has 4 aliphatic rings. The summed E-state index contributed by atoms with van der Waals surface area (Å²) in [6, 6.07) is 10.3. The van der Waals surface area contributed by atoms with Gasteiger partial charge in [-0.25, -0.2) is 9.82 Å². The third-order valence-corrected chi connectivity index (χ3v) is 6.93. The van der Waals surface area contributed by atoms with Gasteiger partial charge in [-0.1, -0.05) is 41.7 Å². The molecule has 3 saturated carbocycles. The van der Waals surface area contributed by atoms with Gasteiger partial charge in [0.15, 0.2) is 0 Å². The molecular formula is C19H23N4OS+. The molecule has 4 fully saturated rings. The highest BCUT2D eigenvalue weighted by Gasteiger charge is 2.59. The van der Waals surface area contributed by atoms with E-state index < -0.39 is 0 Å². The number of hydrogen-bond acceptors (Lipinski definition) is 4. The molecule has 1 aromatic heterocycles. The molecule has 1 saturated heterocycles. The first-order valence-electron chi connectivity index (χ1n) is 9.15. The molecule has 0 radical (unpaired) electrons. The number of likely N-dealkylation sites (N-methyl/N-ethyl adjacent to an activating group) is 1. The van der Waals surface area contributed by atoms with Gasteiger partial charge in [0, 0.05) is 12.1 Å². The highest BCUT2D eigenvalue weighted by atomic mass is 32.1. The molecule has 0 unspecified atom stereocenters. The Morgan fingerprint density at radius 3 is 2.76 bits per heavy atom. The fraction of sp³-hybridized carbons (Fsp3) is 0.526. The van der Waals surface area contributed by atoms with Crippen molar-refractivity contribution >= 4 is 16.5 Å². The van der Waals surface area contributed by atoms with Gasteiger partial charge in [0.25, 0.3) is 5.13 Å². The quantitative estimate of drug-likeness (QED) is 0.737. The SMILES string of the molecule is CN1C[C@]2(CC3CCC2CC3)O/[N+]1=N\c1ncc(-c2ccccc2)s1. The summed E-state index contributed by atoms with van der Waals surface area (Å²) in [7, 11) is 2.06. The van der Waals surface area contributed by atoms with Crippen LogP contribution in [0.2, 0.25) is 0 Å². The predicted octanol–water partition coefficient (Wildman–Crippen LogP) is 4.65. The number of fused-ring (bicyclic) bond motifs is 2. The van der Waals surface area contributed by atoms with Crippen molar-refractivity contribution in [3.8, 4) is 10.4 Å². The number of rotatable bonds is 2. The van der Waals surface area contributed by atoms with Crippen LogP contribution in [0, 0.1) is 11.8 Å². The third-order valence-electron chi connectivity index (χ3n) is 6.00. The third kappa shape index (κ3) is 2.63. The van der Waals surface area contributed by atoms with Crippen LogP contribution in [0.3, 0.4) is 0 Å². The molecule has 1 aromatic carbocycles. The van der Waals surface area contributed by atoms with Crippen molar-refractivity contribution in [2.75, 3.05) is 13.6 Å². The summed E-state index contributed by atoms with van der Waals surface area (Å²) in [6.07, 6.45) is 8.45. The Morgan fingerprint density at radius 1 is 1.24 bits per heavy atom. The number of aromatic nitrogens is 1. The summed E-state index contributed by atoms with van der Waals surface area (Å²) < 4.78 is 0. The van der Waals surface area contributed by atoms with Gasteiger partial charge in [-0.2, -0.15) is 0 Å². The lowest BCUT2D eigenvalue weighted by Crippen LogP contribution is -2.50. The Labute approximate surface area is 151 Å². The molecule has 130 valence electrons. The van der Waals surface area contributed by atoms with Crippen LogP contribution in [-0.4, -0.2) is 34.2 Å². The molecule has 1 atom stereocenters. The van der Waals surface area contributed by atoms with Crippen molar-refractivity contribution in [2.24, 2.45) is 17.0 Å². The zero-order valence-electron chi connectivity index (χ0n) is 14.5. The van der Waals surface area contributed by atoms with Gasteiger partial charge in [0.2, 0.25) is 10.6 Å². The van der Waals surface area contributed by atoms with Crippen LogP contribution < -0.4 is 0 Å². The molecule has 25 heavy (non-hydrogen) atoms. The lowest BCUT2D eigenvalue weighted by molar-refractivity contribution is -0.917. The molecule has 2 bridgehead atoms.